The Balaban J connectivity index is 1.99. The highest BCUT2D eigenvalue weighted by atomic mass is 16.2. The minimum absolute atomic E-state index is 0.0107. The van der Waals surface area contributed by atoms with Crippen molar-refractivity contribution >= 4 is 11.8 Å². The maximum absolute atomic E-state index is 12.4. The van der Waals surface area contributed by atoms with Crippen LogP contribution < -0.4 is 0 Å². The topological polar surface area (TPSA) is 58.4 Å². The molecule has 2 amide bonds. The van der Waals surface area contributed by atoms with E-state index in [9.17, 15) is 9.59 Å². The number of aryl methyl sites for hydroxylation is 2. The Labute approximate surface area is 125 Å². The van der Waals surface area contributed by atoms with Gasteiger partial charge in [0, 0.05) is 38.8 Å². The van der Waals surface area contributed by atoms with Crippen LogP contribution in [0.25, 0.3) is 0 Å². The number of rotatable bonds is 3. The average molecular weight is 292 g/mol. The Morgan fingerprint density at radius 3 is 2.52 bits per heavy atom. The number of piperazine rings is 1. The van der Waals surface area contributed by atoms with Crippen LogP contribution in [0.1, 0.15) is 30.3 Å². The Morgan fingerprint density at radius 2 is 1.95 bits per heavy atom. The lowest BCUT2D eigenvalue weighted by atomic mass is 10.1. The second-order valence-electron chi connectivity index (χ2n) is 5.79. The summed E-state index contributed by atoms with van der Waals surface area (Å²) in [4.78, 5) is 27.6. The van der Waals surface area contributed by atoms with E-state index in [1.807, 2.05) is 25.5 Å². The Bertz CT molecular complexity index is 564. The number of aromatic nitrogens is 2. The standard InChI is InChI=1S/C15H24N4O2/c1-10-11(2)16-19(12(10)3)7-6-14(20)18-9-8-17(5)15(21)13(18)4/h13H,6-9H2,1-5H3/t13-/m0/s1. The molecule has 1 saturated heterocycles. The Kier molecular flexibility index (Phi) is 4.34. The predicted octanol–water partition coefficient (Wildman–Crippen LogP) is 0.888. The number of carbonyl (C=O) groups excluding carboxylic acids is 2. The van der Waals surface area contributed by atoms with Gasteiger partial charge in [-0.3, -0.25) is 14.3 Å². The molecule has 6 heteroatoms. The van der Waals surface area contributed by atoms with E-state index in [4.69, 9.17) is 0 Å². The Morgan fingerprint density at radius 1 is 1.29 bits per heavy atom. The molecule has 1 aliphatic heterocycles. The van der Waals surface area contributed by atoms with Gasteiger partial charge in [0.15, 0.2) is 0 Å². The summed E-state index contributed by atoms with van der Waals surface area (Å²) in [5, 5.41) is 4.44. The van der Waals surface area contributed by atoms with E-state index in [0.717, 1.165) is 11.4 Å². The Hall–Kier alpha value is -1.85. The SMILES string of the molecule is Cc1nn(CCC(=O)N2CCN(C)C(=O)[C@@H]2C)c(C)c1C. The van der Waals surface area contributed by atoms with Gasteiger partial charge < -0.3 is 9.80 Å². The largest absolute Gasteiger partial charge is 0.342 e. The zero-order chi connectivity index (χ0) is 15.7. The molecule has 1 aromatic heterocycles. The van der Waals surface area contributed by atoms with E-state index < -0.39 is 0 Å². The monoisotopic (exact) mass is 292 g/mol. The summed E-state index contributed by atoms with van der Waals surface area (Å²) in [6, 6.07) is -0.363. The third-order valence-corrected chi connectivity index (χ3v) is 4.48. The molecule has 0 radical (unpaired) electrons. The molecule has 0 N–H and O–H groups in total. The molecule has 6 nitrogen and oxygen atoms in total. The minimum atomic E-state index is -0.363. The molecule has 2 rings (SSSR count). The van der Waals surface area contributed by atoms with Crippen molar-refractivity contribution in [3.63, 3.8) is 0 Å². The number of likely N-dealkylation sites (N-methyl/N-ethyl adjacent to an activating group) is 1. The van der Waals surface area contributed by atoms with Gasteiger partial charge in [-0.05, 0) is 33.3 Å². The number of carbonyl (C=O) groups is 2. The van der Waals surface area contributed by atoms with Crippen LogP contribution >= 0.6 is 0 Å². The highest BCUT2D eigenvalue weighted by Gasteiger charge is 2.32. The molecule has 116 valence electrons. The molecule has 2 heterocycles. The first-order valence-corrected chi connectivity index (χ1v) is 7.38. The lowest BCUT2D eigenvalue weighted by Crippen LogP contribution is -2.56. The first-order valence-electron chi connectivity index (χ1n) is 7.38. The number of hydrogen-bond donors (Lipinski definition) is 0. The fourth-order valence-electron chi connectivity index (χ4n) is 2.70. The molecule has 1 atom stereocenters. The molecule has 1 fully saturated rings. The van der Waals surface area contributed by atoms with Gasteiger partial charge in [-0.25, -0.2) is 0 Å². The van der Waals surface area contributed by atoms with Crippen molar-refractivity contribution in [1.82, 2.24) is 19.6 Å². The third-order valence-electron chi connectivity index (χ3n) is 4.48. The van der Waals surface area contributed by atoms with Crippen LogP contribution in [-0.2, 0) is 16.1 Å². The van der Waals surface area contributed by atoms with Crippen LogP contribution in [0, 0.1) is 20.8 Å². The maximum Gasteiger partial charge on any atom is 0.244 e. The van der Waals surface area contributed by atoms with E-state index in [2.05, 4.69) is 5.10 Å². The number of hydrogen-bond acceptors (Lipinski definition) is 3. The lowest BCUT2D eigenvalue weighted by Gasteiger charge is -2.37. The van der Waals surface area contributed by atoms with Crippen LogP contribution in [0.5, 0.6) is 0 Å². The zero-order valence-corrected chi connectivity index (χ0v) is 13.5. The van der Waals surface area contributed by atoms with Crippen molar-refractivity contribution in [2.75, 3.05) is 20.1 Å². The normalized spacial score (nSPS) is 19.3. The molecule has 21 heavy (non-hydrogen) atoms. The second-order valence-corrected chi connectivity index (χ2v) is 5.79. The van der Waals surface area contributed by atoms with Crippen molar-refractivity contribution < 1.29 is 9.59 Å². The number of amides is 2. The quantitative estimate of drug-likeness (QED) is 0.831. The predicted molar refractivity (Wildman–Crippen MR) is 79.9 cm³/mol. The van der Waals surface area contributed by atoms with E-state index in [1.165, 1.54) is 5.56 Å². The van der Waals surface area contributed by atoms with Gasteiger partial charge in [-0.15, -0.1) is 0 Å². The van der Waals surface area contributed by atoms with E-state index in [1.54, 1.807) is 23.8 Å². The lowest BCUT2D eigenvalue weighted by molar-refractivity contribution is -0.149. The van der Waals surface area contributed by atoms with Gasteiger partial charge in [0.25, 0.3) is 0 Å². The van der Waals surface area contributed by atoms with Crippen LogP contribution in [0.3, 0.4) is 0 Å². The van der Waals surface area contributed by atoms with E-state index in [-0.39, 0.29) is 17.9 Å². The van der Waals surface area contributed by atoms with E-state index in [0.29, 0.717) is 26.1 Å². The van der Waals surface area contributed by atoms with Crippen molar-refractivity contribution in [3.8, 4) is 0 Å². The van der Waals surface area contributed by atoms with Gasteiger partial charge in [-0.2, -0.15) is 5.10 Å². The van der Waals surface area contributed by atoms with Crippen LogP contribution in [0.4, 0.5) is 0 Å². The molecule has 0 aromatic carbocycles. The highest BCUT2D eigenvalue weighted by Crippen LogP contribution is 2.14. The van der Waals surface area contributed by atoms with Crippen LogP contribution in [0.2, 0.25) is 0 Å². The summed E-state index contributed by atoms with van der Waals surface area (Å²) in [5.74, 6) is 0.0331. The fourth-order valence-corrected chi connectivity index (χ4v) is 2.70. The molecule has 1 aliphatic rings. The van der Waals surface area contributed by atoms with E-state index >= 15 is 0 Å². The summed E-state index contributed by atoms with van der Waals surface area (Å²) in [7, 11) is 1.78. The van der Waals surface area contributed by atoms with Gasteiger partial charge in [-0.1, -0.05) is 0 Å². The van der Waals surface area contributed by atoms with Crippen molar-refractivity contribution in [3.05, 3.63) is 17.0 Å². The molecule has 0 saturated carbocycles. The van der Waals surface area contributed by atoms with Crippen molar-refractivity contribution in [2.45, 2.75) is 46.7 Å². The maximum atomic E-state index is 12.4. The molecule has 0 aliphatic carbocycles. The van der Waals surface area contributed by atoms with Gasteiger partial charge in [0.05, 0.1) is 5.69 Å². The summed E-state index contributed by atoms with van der Waals surface area (Å²) in [6.07, 6.45) is 0.378. The van der Waals surface area contributed by atoms with Gasteiger partial charge in [0.1, 0.15) is 6.04 Å². The first kappa shape index (κ1) is 15.5. The molecular weight excluding hydrogens is 268 g/mol. The summed E-state index contributed by atoms with van der Waals surface area (Å²) in [5.41, 5.74) is 3.27. The third kappa shape index (κ3) is 2.94. The first-order chi connectivity index (χ1) is 9.82. The van der Waals surface area contributed by atoms with Crippen molar-refractivity contribution in [1.29, 1.82) is 0 Å². The molecule has 0 spiro atoms. The molecule has 0 bridgehead atoms. The summed E-state index contributed by atoms with van der Waals surface area (Å²) in [6.45, 7) is 9.60. The van der Waals surface area contributed by atoms with Gasteiger partial charge in [0.2, 0.25) is 11.8 Å². The zero-order valence-electron chi connectivity index (χ0n) is 13.5. The number of nitrogens with zero attached hydrogens (tertiary/aromatic N) is 4. The van der Waals surface area contributed by atoms with Crippen LogP contribution in [-0.4, -0.2) is 57.6 Å². The van der Waals surface area contributed by atoms with Gasteiger partial charge >= 0.3 is 0 Å². The van der Waals surface area contributed by atoms with Crippen LogP contribution in [0.15, 0.2) is 0 Å². The minimum Gasteiger partial charge on any atom is -0.342 e. The highest BCUT2D eigenvalue weighted by molar-refractivity contribution is 5.88. The molecular formula is C15H24N4O2. The smallest absolute Gasteiger partial charge is 0.244 e. The second kappa shape index (κ2) is 5.87. The van der Waals surface area contributed by atoms with Crippen molar-refractivity contribution in [2.24, 2.45) is 0 Å². The molecule has 1 aromatic rings. The summed E-state index contributed by atoms with van der Waals surface area (Å²) >= 11 is 0. The average Bonchev–Trinajstić information content (AvgIpc) is 2.69. The fraction of sp³-hybridized carbons (Fsp3) is 0.667. The molecule has 0 unspecified atom stereocenters. The summed E-state index contributed by atoms with van der Waals surface area (Å²) < 4.78 is 1.88.